The minimum Gasteiger partial charge on any atom is -0.392 e. The van der Waals surface area contributed by atoms with Crippen molar-refractivity contribution < 1.29 is 9.90 Å². The highest BCUT2D eigenvalue weighted by Gasteiger charge is 2.26. The Kier molecular flexibility index (Phi) is 2.76. The van der Waals surface area contributed by atoms with Crippen LogP contribution in [0.1, 0.15) is 52.7 Å². The van der Waals surface area contributed by atoms with Gasteiger partial charge >= 0.3 is 0 Å². The second kappa shape index (κ2) is 4.18. The Balaban J connectivity index is 2.39. The van der Waals surface area contributed by atoms with Crippen LogP contribution in [0.5, 0.6) is 0 Å². The van der Waals surface area contributed by atoms with Crippen LogP contribution >= 0.6 is 11.3 Å². The van der Waals surface area contributed by atoms with E-state index in [0.717, 1.165) is 27.6 Å². The quantitative estimate of drug-likeness (QED) is 0.847. The minimum atomic E-state index is 0.0714. The molecule has 3 rings (SSSR count). The molecule has 1 aliphatic rings. The van der Waals surface area contributed by atoms with Crippen molar-refractivity contribution in [2.24, 2.45) is 0 Å². The Labute approximate surface area is 110 Å². The molecule has 0 saturated carbocycles. The normalized spacial score (nSPS) is 19.3. The van der Waals surface area contributed by atoms with E-state index in [-0.39, 0.29) is 12.4 Å². The summed E-state index contributed by atoms with van der Waals surface area (Å²) in [7, 11) is 0. The number of aryl methyl sites for hydroxylation is 1. The highest BCUT2D eigenvalue weighted by atomic mass is 32.1. The first-order valence-electron chi connectivity index (χ1n) is 6.31. The molecule has 0 saturated heterocycles. The second-order valence-corrected chi connectivity index (χ2v) is 6.03. The van der Waals surface area contributed by atoms with Crippen molar-refractivity contribution in [3.63, 3.8) is 0 Å². The molecule has 0 spiro atoms. The molecule has 1 aromatic carbocycles. The van der Waals surface area contributed by atoms with Crippen molar-refractivity contribution in [2.75, 3.05) is 0 Å². The second-order valence-electron chi connectivity index (χ2n) is 5.12. The topological polar surface area (TPSA) is 37.3 Å². The predicted molar refractivity (Wildman–Crippen MR) is 74.5 cm³/mol. The van der Waals surface area contributed by atoms with E-state index in [4.69, 9.17) is 0 Å². The van der Waals surface area contributed by atoms with Gasteiger partial charge in [-0.15, -0.1) is 11.3 Å². The van der Waals surface area contributed by atoms with Crippen molar-refractivity contribution in [3.8, 4) is 0 Å². The van der Waals surface area contributed by atoms with Gasteiger partial charge < -0.3 is 5.11 Å². The fraction of sp³-hybridized carbons (Fsp3) is 0.400. The van der Waals surface area contributed by atoms with Gasteiger partial charge in [-0.2, -0.15) is 0 Å². The summed E-state index contributed by atoms with van der Waals surface area (Å²) in [4.78, 5) is 12.1. The van der Waals surface area contributed by atoms with Gasteiger partial charge in [-0.3, -0.25) is 4.79 Å². The monoisotopic (exact) mass is 260 g/mol. The lowest BCUT2D eigenvalue weighted by molar-refractivity contribution is 0.0968. The molecule has 3 heteroatoms. The summed E-state index contributed by atoms with van der Waals surface area (Å²) in [5.74, 6) is 0.709. The highest BCUT2D eigenvalue weighted by molar-refractivity contribution is 7.17. The van der Waals surface area contributed by atoms with E-state index < -0.39 is 0 Å². The van der Waals surface area contributed by atoms with E-state index in [1.54, 1.807) is 11.3 Å². The fourth-order valence-corrected chi connectivity index (χ4v) is 4.15. The largest absolute Gasteiger partial charge is 0.392 e. The molecule has 0 amide bonds. The third-order valence-corrected chi connectivity index (χ3v) is 4.99. The van der Waals surface area contributed by atoms with Gasteiger partial charge in [0, 0.05) is 22.1 Å². The van der Waals surface area contributed by atoms with E-state index >= 15 is 0 Å². The molecular weight excluding hydrogens is 244 g/mol. The van der Waals surface area contributed by atoms with Crippen molar-refractivity contribution in [3.05, 3.63) is 33.7 Å². The first kappa shape index (κ1) is 11.9. The molecule has 18 heavy (non-hydrogen) atoms. The van der Waals surface area contributed by atoms with E-state index in [1.165, 1.54) is 11.1 Å². The zero-order valence-corrected chi connectivity index (χ0v) is 11.4. The number of carbonyl (C=O) groups excluding carboxylic acids is 1. The lowest BCUT2D eigenvalue weighted by Crippen LogP contribution is -2.15. The number of aliphatic hydroxyl groups is 1. The van der Waals surface area contributed by atoms with Crippen molar-refractivity contribution in [1.29, 1.82) is 0 Å². The number of hydrogen-bond acceptors (Lipinski definition) is 3. The molecule has 2 nitrogen and oxygen atoms in total. The number of Topliss-reactive ketones (excluding diaryl/α,β-unsaturated/α-hetero) is 1. The number of fused-ring (bicyclic) bond motifs is 2. The van der Waals surface area contributed by atoms with Gasteiger partial charge in [-0.1, -0.05) is 6.92 Å². The van der Waals surface area contributed by atoms with E-state index in [2.05, 4.69) is 13.8 Å². The van der Waals surface area contributed by atoms with Crippen LogP contribution in [-0.4, -0.2) is 10.9 Å². The Bertz CT molecular complexity index is 639. The summed E-state index contributed by atoms with van der Waals surface area (Å²) in [6.07, 6.45) is 1.61. The highest BCUT2D eigenvalue weighted by Crippen LogP contribution is 2.40. The van der Waals surface area contributed by atoms with Gasteiger partial charge in [-0.25, -0.2) is 0 Å². The average molecular weight is 260 g/mol. The molecule has 2 aromatic rings. The Morgan fingerprint density at radius 3 is 3.00 bits per heavy atom. The summed E-state index contributed by atoms with van der Waals surface area (Å²) in [5.41, 5.74) is 4.28. The minimum absolute atomic E-state index is 0.0714. The van der Waals surface area contributed by atoms with Gasteiger partial charge in [0.25, 0.3) is 0 Å². The van der Waals surface area contributed by atoms with Crippen molar-refractivity contribution >= 4 is 27.2 Å². The van der Waals surface area contributed by atoms with Crippen LogP contribution < -0.4 is 0 Å². The maximum absolute atomic E-state index is 12.1. The van der Waals surface area contributed by atoms with Gasteiger partial charge in [0.15, 0.2) is 5.78 Å². The van der Waals surface area contributed by atoms with Crippen LogP contribution in [0, 0.1) is 6.92 Å². The molecule has 1 unspecified atom stereocenters. The van der Waals surface area contributed by atoms with Crippen molar-refractivity contribution in [2.45, 2.75) is 39.2 Å². The Morgan fingerprint density at radius 1 is 1.50 bits per heavy atom. The van der Waals surface area contributed by atoms with Crippen molar-refractivity contribution in [1.82, 2.24) is 0 Å². The van der Waals surface area contributed by atoms with E-state index in [0.29, 0.717) is 12.3 Å². The standard InChI is InChI=1S/C15H16O2S/c1-8-3-4-12(17)11-5-13-15(9(2)14(8)11)10(6-16)7-18-13/h5,7-8,16H,3-4,6H2,1-2H3. The zero-order chi connectivity index (χ0) is 12.9. The smallest absolute Gasteiger partial charge is 0.163 e. The maximum atomic E-state index is 12.1. The molecule has 1 N–H and O–H groups in total. The predicted octanol–water partition coefficient (Wildman–Crippen LogP) is 3.78. The first-order valence-corrected chi connectivity index (χ1v) is 7.19. The summed E-state index contributed by atoms with van der Waals surface area (Å²) < 4.78 is 1.12. The molecule has 0 fully saturated rings. The molecule has 1 aromatic heterocycles. The molecular formula is C15H16O2S. The third-order valence-electron chi connectivity index (χ3n) is 4.01. The Hall–Kier alpha value is -1.19. The Morgan fingerprint density at radius 2 is 2.28 bits per heavy atom. The van der Waals surface area contributed by atoms with E-state index in [1.807, 2.05) is 11.4 Å². The number of aliphatic hydroxyl groups excluding tert-OH is 1. The fourth-order valence-electron chi connectivity index (χ4n) is 3.10. The summed E-state index contributed by atoms with van der Waals surface area (Å²) in [5, 5.41) is 12.6. The maximum Gasteiger partial charge on any atom is 0.163 e. The number of thiophene rings is 1. The van der Waals surface area contributed by atoms with Gasteiger partial charge in [-0.05, 0) is 47.4 Å². The molecule has 0 aliphatic heterocycles. The summed E-state index contributed by atoms with van der Waals surface area (Å²) in [6, 6.07) is 2.03. The van der Waals surface area contributed by atoms with Crippen LogP contribution in [0.25, 0.3) is 10.1 Å². The van der Waals surface area contributed by atoms with Gasteiger partial charge in [0.05, 0.1) is 6.61 Å². The lowest BCUT2D eigenvalue weighted by Gasteiger charge is -2.24. The number of hydrogen-bond donors (Lipinski definition) is 1. The van der Waals surface area contributed by atoms with Crippen LogP contribution in [0.4, 0.5) is 0 Å². The third kappa shape index (κ3) is 1.54. The lowest BCUT2D eigenvalue weighted by atomic mass is 9.79. The first-order chi connectivity index (χ1) is 8.63. The van der Waals surface area contributed by atoms with Crippen LogP contribution in [0.3, 0.4) is 0 Å². The molecule has 1 aliphatic carbocycles. The zero-order valence-electron chi connectivity index (χ0n) is 10.6. The molecule has 94 valence electrons. The van der Waals surface area contributed by atoms with Crippen LogP contribution in [0.15, 0.2) is 11.4 Å². The van der Waals surface area contributed by atoms with E-state index in [9.17, 15) is 9.90 Å². The number of rotatable bonds is 1. The van der Waals surface area contributed by atoms with Gasteiger partial charge in [0.2, 0.25) is 0 Å². The number of carbonyl (C=O) groups is 1. The number of benzene rings is 1. The number of ketones is 1. The SMILES string of the molecule is Cc1c2c(cc3scc(CO)c13)C(=O)CCC2C. The molecule has 1 atom stereocenters. The summed E-state index contributed by atoms with van der Waals surface area (Å²) >= 11 is 1.62. The van der Waals surface area contributed by atoms with Gasteiger partial charge in [0.1, 0.15) is 0 Å². The molecule has 1 heterocycles. The van der Waals surface area contributed by atoms with Crippen LogP contribution in [0.2, 0.25) is 0 Å². The summed E-state index contributed by atoms with van der Waals surface area (Å²) in [6.45, 7) is 4.35. The molecule has 0 bridgehead atoms. The average Bonchev–Trinajstić information content (AvgIpc) is 2.77. The van der Waals surface area contributed by atoms with Crippen LogP contribution in [-0.2, 0) is 6.61 Å². The molecule has 0 radical (unpaired) electrons.